The van der Waals surface area contributed by atoms with E-state index >= 15 is 0 Å². The number of nitrogens with one attached hydrogen (secondary N) is 1. The van der Waals surface area contributed by atoms with Crippen molar-refractivity contribution in [3.8, 4) is 0 Å². The molecule has 0 aliphatic carbocycles. The third kappa shape index (κ3) is 4.58. The maximum absolute atomic E-state index is 13.0. The van der Waals surface area contributed by atoms with Gasteiger partial charge < -0.3 is 11.1 Å². The minimum Gasteiger partial charge on any atom is -0.356 e. The Balaban J connectivity index is 1.89. The van der Waals surface area contributed by atoms with Crippen molar-refractivity contribution in [3.05, 3.63) is 64.2 Å². The van der Waals surface area contributed by atoms with E-state index in [1.165, 1.54) is 11.5 Å². The number of amides is 1. The fourth-order valence-electron chi connectivity index (χ4n) is 2.74. The first-order valence-corrected chi connectivity index (χ1v) is 9.58. The summed E-state index contributed by atoms with van der Waals surface area (Å²) in [4.78, 5) is 30.2. The first-order chi connectivity index (χ1) is 13.1. The summed E-state index contributed by atoms with van der Waals surface area (Å²) in [5.41, 5.74) is 6.97. The van der Waals surface area contributed by atoms with E-state index in [4.69, 9.17) is 5.73 Å². The van der Waals surface area contributed by atoms with Gasteiger partial charge in [0, 0.05) is 19.4 Å². The van der Waals surface area contributed by atoms with Crippen LogP contribution in [0, 0.1) is 13.3 Å². The van der Waals surface area contributed by atoms with Crippen molar-refractivity contribution in [3.63, 3.8) is 0 Å². The van der Waals surface area contributed by atoms with E-state index in [0.717, 1.165) is 12.0 Å². The summed E-state index contributed by atoms with van der Waals surface area (Å²) >= 11 is 1.20. The maximum Gasteiger partial charge on any atom is 0.264 e. The van der Waals surface area contributed by atoms with Gasteiger partial charge in [0.2, 0.25) is 5.91 Å². The van der Waals surface area contributed by atoms with E-state index in [1.807, 2.05) is 37.3 Å². The van der Waals surface area contributed by atoms with Gasteiger partial charge in [0.05, 0.1) is 17.6 Å². The van der Waals surface area contributed by atoms with E-state index in [9.17, 15) is 9.59 Å². The number of carbonyl (C=O) groups is 1. The van der Waals surface area contributed by atoms with Gasteiger partial charge in [-0.15, -0.1) is 0 Å². The predicted octanol–water partition coefficient (Wildman–Crippen LogP) is 1.62. The number of rotatable bonds is 8. The first kappa shape index (κ1) is 19.2. The van der Waals surface area contributed by atoms with Crippen molar-refractivity contribution < 1.29 is 4.79 Å². The van der Waals surface area contributed by atoms with Crippen molar-refractivity contribution in [1.29, 1.82) is 0 Å². The fourth-order valence-corrected chi connectivity index (χ4v) is 3.52. The second-order valence-corrected chi connectivity index (χ2v) is 6.95. The molecule has 3 aromatic rings. The van der Waals surface area contributed by atoms with Crippen LogP contribution in [0.2, 0.25) is 0 Å². The smallest absolute Gasteiger partial charge is 0.264 e. The Bertz CT molecular complexity index is 981. The molecule has 0 bridgehead atoms. The number of benzene rings is 1. The summed E-state index contributed by atoms with van der Waals surface area (Å²) in [6.45, 7) is 3.27. The summed E-state index contributed by atoms with van der Waals surface area (Å²) in [5.74, 6) is 0.360. The molecule has 0 atom stereocenters. The lowest BCUT2D eigenvalue weighted by atomic mass is 10.2. The van der Waals surface area contributed by atoms with E-state index < -0.39 is 0 Å². The van der Waals surface area contributed by atoms with Crippen molar-refractivity contribution in [2.75, 3.05) is 13.1 Å². The third-order valence-corrected chi connectivity index (χ3v) is 4.99. The number of hydrogen-bond donors (Lipinski definition) is 2. The standard InChI is InChI=1S/C19H22N5O2S/c1-13-17-18(27-23-13)22-15(8-9-16(25)21-11-5-10-20)24(19(17)26)12-14-6-3-2-4-7-14/h2-4,6-8H,5,9-12,20H2,1H3,(H,21,25). The molecule has 1 amide bonds. The summed E-state index contributed by atoms with van der Waals surface area (Å²) < 4.78 is 5.86. The summed E-state index contributed by atoms with van der Waals surface area (Å²) in [5, 5.41) is 3.35. The van der Waals surface area contributed by atoms with E-state index in [0.29, 0.717) is 41.4 Å². The van der Waals surface area contributed by atoms with Gasteiger partial charge in [0.25, 0.3) is 5.56 Å². The largest absolute Gasteiger partial charge is 0.356 e. The highest BCUT2D eigenvalue weighted by molar-refractivity contribution is 7.12. The molecule has 0 fully saturated rings. The number of aromatic nitrogens is 3. The summed E-state index contributed by atoms with van der Waals surface area (Å²) in [6, 6.07) is 9.70. The molecule has 0 unspecified atom stereocenters. The summed E-state index contributed by atoms with van der Waals surface area (Å²) in [6.07, 6.45) is 2.57. The molecular formula is C19H22N5O2S. The molecule has 1 radical (unpaired) electrons. The van der Waals surface area contributed by atoms with Crippen LogP contribution in [0.25, 0.3) is 10.2 Å². The van der Waals surface area contributed by atoms with Gasteiger partial charge in [-0.1, -0.05) is 30.3 Å². The fraction of sp³-hybridized carbons (Fsp3) is 0.316. The lowest BCUT2D eigenvalue weighted by molar-refractivity contribution is -0.120. The molecule has 0 saturated heterocycles. The van der Waals surface area contributed by atoms with Gasteiger partial charge in [-0.3, -0.25) is 14.2 Å². The van der Waals surface area contributed by atoms with Crippen molar-refractivity contribution in [2.24, 2.45) is 5.73 Å². The minimum atomic E-state index is -0.134. The van der Waals surface area contributed by atoms with Crippen LogP contribution < -0.4 is 16.6 Å². The average molecular weight is 384 g/mol. The lowest BCUT2D eigenvalue weighted by Crippen LogP contribution is -2.28. The van der Waals surface area contributed by atoms with Crippen LogP contribution in [0.5, 0.6) is 0 Å². The summed E-state index contributed by atoms with van der Waals surface area (Å²) in [7, 11) is 0. The van der Waals surface area contributed by atoms with Crippen molar-refractivity contribution in [1.82, 2.24) is 19.2 Å². The van der Waals surface area contributed by atoms with Gasteiger partial charge in [0.1, 0.15) is 5.82 Å². The third-order valence-electron chi connectivity index (χ3n) is 4.15. The molecule has 2 aromatic heterocycles. The number of hydrogen-bond acceptors (Lipinski definition) is 6. The SMILES string of the molecule is Cc1nsc2nc([CH]CC(=O)NCCCN)n(Cc3ccccc3)c(=O)c12. The lowest BCUT2D eigenvalue weighted by Gasteiger charge is -2.12. The Morgan fingerprint density at radius 3 is 2.85 bits per heavy atom. The van der Waals surface area contributed by atoms with Crippen LogP contribution in [-0.4, -0.2) is 32.9 Å². The first-order valence-electron chi connectivity index (χ1n) is 8.81. The highest BCUT2D eigenvalue weighted by atomic mass is 32.1. The van der Waals surface area contributed by atoms with E-state index in [2.05, 4.69) is 14.7 Å². The second-order valence-electron chi connectivity index (χ2n) is 6.20. The average Bonchev–Trinajstić information content (AvgIpc) is 3.04. The van der Waals surface area contributed by atoms with Crippen LogP contribution in [-0.2, 0) is 11.3 Å². The van der Waals surface area contributed by atoms with E-state index in [1.54, 1.807) is 11.0 Å². The Labute approximate surface area is 161 Å². The van der Waals surface area contributed by atoms with Gasteiger partial charge in [0.15, 0.2) is 4.83 Å². The molecule has 0 aliphatic heterocycles. The molecule has 3 N–H and O–H groups in total. The van der Waals surface area contributed by atoms with Crippen LogP contribution >= 0.6 is 11.5 Å². The van der Waals surface area contributed by atoms with Crippen LogP contribution in [0.1, 0.15) is 29.9 Å². The molecule has 0 aliphatic rings. The van der Waals surface area contributed by atoms with Gasteiger partial charge in [-0.2, -0.15) is 4.37 Å². The Morgan fingerprint density at radius 1 is 1.33 bits per heavy atom. The molecule has 8 heteroatoms. The Kier molecular flexibility index (Phi) is 6.31. The topological polar surface area (TPSA) is 103 Å². The van der Waals surface area contributed by atoms with Gasteiger partial charge in [-0.05, 0) is 37.0 Å². The Hall–Kier alpha value is -2.58. The quantitative estimate of drug-likeness (QED) is 0.575. The highest BCUT2D eigenvalue weighted by Crippen LogP contribution is 2.18. The molecule has 27 heavy (non-hydrogen) atoms. The zero-order valence-corrected chi connectivity index (χ0v) is 16.0. The zero-order chi connectivity index (χ0) is 19.2. The van der Waals surface area contributed by atoms with Gasteiger partial charge in [-0.25, -0.2) is 4.98 Å². The molecule has 7 nitrogen and oxygen atoms in total. The maximum atomic E-state index is 13.0. The normalized spacial score (nSPS) is 11.0. The molecule has 2 heterocycles. The Morgan fingerprint density at radius 2 is 2.11 bits per heavy atom. The number of nitrogens with two attached hydrogens (primary N) is 1. The molecule has 1 aromatic carbocycles. The van der Waals surface area contributed by atoms with Crippen LogP contribution in [0.4, 0.5) is 0 Å². The zero-order valence-electron chi connectivity index (χ0n) is 15.1. The van der Waals surface area contributed by atoms with Crippen molar-refractivity contribution >= 4 is 27.7 Å². The van der Waals surface area contributed by atoms with Crippen LogP contribution in [0.3, 0.4) is 0 Å². The van der Waals surface area contributed by atoms with E-state index in [-0.39, 0.29) is 17.9 Å². The number of nitrogens with zero attached hydrogens (tertiary/aromatic N) is 3. The second kappa shape index (κ2) is 8.88. The highest BCUT2D eigenvalue weighted by Gasteiger charge is 2.16. The number of fused-ring (bicyclic) bond motifs is 1. The molecule has 0 saturated carbocycles. The van der Waals surface area contributed by atoms with Crippen molar-refractivity contribution in [2.45, 2.75) is 26.3 Å². The molecule has 141 valence electrons. The minimum absolute atomic E-state index is 0.121. The number of aryl methyl sites for hydroxylation is 1. The molecule has 0 spiro atoms. The van der Waals surface area contributed by atoms with Crippen LogP contribution in [0.15, 0.2) is 35.1 Å². The molecular weight excluding hydrogens is 362 g/mol. The van der Waals surface area contributed by atoms with Gasteiger partial charge >= 0.3 is 0 Å². The predicted molar refractivity (Wildman–Crippen MR) is 107 cm³/mol. The monoisotopic (exact) mass is 384 g/mol. The molecule has 3 rings (SSSR count). The number of carbonyl (C=O) groups excluding carboxylic acids is 1.